The van der Waals surface area contributed by atoms with Crippen molar-refractivity contribution >= 4 is 29.2 Å². The van der Waals surface area contributed by atoms with Crippen molar-refractivity contribution in [2.75, 3.05) is 6.61 Å². The molecular formula is C15H14ClF2N5O. The normalized spacial score (nSPS) is 12.1. The number of rotatable bonds is 6. The van der Waals surface area contributed by atoms with Gasteiger partial charge >= 0.3 is 6.01 Å². The van der Waals surface area contributed by atoms with Gasteiger partial charge in [0.05, 0.1) is 11.9 Å². The number of alkyl halides is 2. The number of nitrogens with two attached hydrogens (primary N) is 1. The van der Waals surface area contributed by atoms with Gasteiger partial charge in [0, 0.05) is 23.0 Å². The van der Waals surface area contributed by atoms with Gasteiger partial charge in [-0.3, -0.25) is 4.99 Å². The molecule has 0 aliphatic rings. The van der Waals surface area contributed by atoms with Crippen LogP contribution >= 0.6 is 11.6 Å². The largest absolute Gasteiger partial charge is 0.457 e. The van der Waals surface area contributed by atoms with Gasteiger partial charge in [0.15, 0.2) is 0 Å². The fourth-order valence-electron chi connectivity index (χ4n) is 1.63. The Hall–Kier alpha value is -2.61. The van der Waals surface area contributed by atoms with Gasteiger partial charge in [-0.15, -0.1) is 0 Å². The second kappa shape index (κ2) is 8.30. The van der Waals surface area contributed by atoms with Gasteiger partial charge < -0.3 is 10.6 Å². The summed E-state index contributed by atoms with van der Waals surface area (Å²) >= 11 is 5.70. The Bertz CT molecular complexity index is 750. The fourth-order valence-corrected chi connectivity index (χ4v) is 1.83. The number of hydrazone groups is 1. The molecule has 0 aliphatic heterocycles. The van der Waals surface area contributed by atoms with Crippen LogP contribution in [0.2, 0.25) is 5.02 Å². The molecule has 0 unspecified atom stereocenters. The molecule has 0 amide bonds. The first-order chi connectivity index (χ1) is 11.5. The molecule has 0 atom stereocenters. The summed E-state index contributed by atoms with van der Waals surface area (Å²) in [4.78, 5) is 12.0. The minimum Gasteiger partial charge on any atom is -0.457 e. The maximum absolute atomic E-state index is 12.8. The summed E-state index contributed by atoms with van der Waals surface area (Å²) in [6.07, 6.45) is 1.84. The number of ether oxygens (including phenoxy) is 1. The third-order valence-corrected chi connectivity index (χ3v) is 3.19. The lowest BCUT2D eigenvalue weighted by atomic mass is 10.2. The van der Waals surface area contributed by atoms with E-state index in [1.54, 1.807) is 12.4 Å². The zero-order valence-corrected chi connectivity index (χ0v) is 13.4. The summed E-state index contributed by atoms with van der Waals surface area (Å²) in [5.74, 6) is 5.26. The van der Waals surface area contributed by atoms with Crippen molar-refractivity contribution in [1.82, 2.24) is 9.97 Å². The molecule has 1 aromatic carbocycles. The van der Waals surface area contributed by atoms with Crippen molar-refractivity contribution in [1.29, 1.82) is 0 Å². The summed E-state index contributed by atoms with van der Waals surface area (Å²) in [7, 11) is 0. The van der Waals surface area contributed by atoms with Gasteiger partial charge in [0.2, 0.25) is 0 Å². The first-order valence-corrected chi connectivity index (χ1v) is 7.17. The molecule has 2 rings (SSSR count). The Kier molecular flexibility index (Phi) is 6.14. The van der Waals surface area contributed by atoms with E-state index < -0.39 is 6.43 Å². The molecular weight excluding hydrogens is 340 g/mol. The summed E-state index contributed by atoms with van der Waals surface area (Å²) in [6.45, 7) is 1.83. The molecule has 0 saturated carbocycles. The highest BCUT2D eigenvalue weighted by molar-refractivity contribution is 6.32. The molecule has 0 radical (unpaired) electrons. The smallest absolute Gasteiger partial charge is 0.316 e. The summed E-state index contributed by atoms with van der Waals surface area (Å²) in [6, 6.07) is 4.22. The van der Waals surface area contributed by atoms with E-state index in [9.17, 15) is 8.78 Å². The van der Waals surface area contributed by atoms with Crippen molar-refractivity contribution in [3.63, 3.8) is 0 Å². The molecule has 6 nitrogen and oxygen atoms in total. The third kappa shape index (κ3) is 4.95. The first-order valence-electron chi connectivity index (χ1n) is 6.79. The van der Waals surface area contributed by atoms with E-state index in [-0.39, 0.29) is 28.9 Å². The van der Waals surface area contributed by atoms with Crippen LogP contribution in [0.4, 0.5) is 14.5 Å². The van der Waals surface area contributed by atoms with E-state index in [1.807, 2.05) is 6.92 Å². The van der Waals surface area contributed by atoms with Gasteiger partial charge in [-0.1, -0.05) is 11.6 Å². The minimum atomic E-state index is -2.68. The molecule has 0 bridgehead atoms. The predicted molar refractivity (Wildman–Crippen MR) is 88.4 cm³/mol. The van der Waals surface area contributed by atoms with Crippen LogP contribution in [-0.2, 0) is 0 Å². The van der Waals surface area contributed by atoms with Crippen molar-refractivity contribution in [2.24, 2.45) is 15.9 Å². The van der Waals surface area contributed by atoms with Crippen molar-refractivity contribution in [3.8, 4) is 6.01 Å². The van der Waals surface area contributed by atoms with Crippen molar-refractivity contribution in [2.45, 2.75) is 13.3 Å². The zero-order valence-electron chi connectivity index (χ0n) is 12.7. The van der Waals surface area contributed by atoms with Crippen LogP contribution in [0.15, 0.2) is 40.7 Å². The Morgan fingerprint density at radius 2 is 2.08 bits per heavy atom. The van der Waals surface area contributed by atoms with E-state index in [0.717, 1.165) is 5.56 Å². The average Bonchev–Trinajstić information content (AvgIpc) is 2.57. The van der Waals surface area contributed by atoms with E-state index in [2.05, 4.69) is 20.1 Å². The molecule has 24 heavy (non-hydrogen) atoms. The second-order valence-corrected chi connectivity index (χ2v) is 5.12. The van der Waals surface area contributed by atoms with Gasteiger partial charge in [-0.05, 0) is 30.7 Å². The molecule has 126 valence electrons. The van der Waals surface area contributed by atoms with E-state index in [0.29, 0.717) is 5.69 Å². The average molecular weight is 354 g/mol. The molecule has 0 aliphatic carbocycles. The Morgan fingerprint density at radius 3 is 2.71 bits per heavy atom. The molecule has 0 fully saturated rings. The van der Waals surface area contributed by atoms with Gasteiger partial charge in [-0.25, -0.2) is 18.7 Å². The molecule has 0 spiro atoms. The number of hydrogen-bond acceptors (Lipinski definition) is 6. The molecule has 9 heteroatoms. The predicted octanol–water partition coefficient (Wildman–Crippen LogP) is 3.47. The lowest BCUT2D eigenvalue weighted by molar-refractivity contribution is 0.151. The minimum absolute atomic E-state index is 0.0155. The lowest BCUT2D eigenvalue weighted by Crippen LogP contribution is -2.16. The quantitative estimate of drug-likeness (QED) is 0.489. The van der Waals surface area contributed by atoms with Crippen LogP contribution in [-0.4, -0.2) is 28.5 Å². The van der Waals surface area contributed by atoms with Gasteiger partial charge in [0.1, 0.15) is 12.3 Å². The highest BCUT2D eigenvalue weighted by atomic mass is 35.5. The number of aliphatic imine (C=N–C) groups is 1. The van der Waals surface area contributed by atoms with Crippen LogP contribution in [0.1, 0.15) is 17.6 Å². The van der Waals surface area contributed by atoms with Crippen LogP contribution in [0.5, 0.6) is 6.01 Å². The second-order valence-electron chi connectivity index (χ2n) is 4.72. The molecule has 2 N–H and O–H groups in total. The number of aromatic nitrogens is 2. The van der Waals surface area contributed by atoms with E-state index in [1.165, 1.54) is 24.4 Å². The topological polar surface area (TPSA) is 85.8 Å². The molecule has 2 aromatic rings. The van der Waals surface area contributed by atoms with Crippen molar-refractivity contribution < 1.29 is 13.5 Å². The number of aryl methyl sites for hydroxylation is 1. The van der Waals surface area contributed by atoms with Crippen molar-refractivity contribution in [3.05, 3.63) is 46.7 Å². The number of benzene rings is 1. The fraction of sp³-hybridized carbons (Fsp3) is 0.200. The van der Waals surface area contributed by atoms with E-state index in [4.69, 9.17) is 22.2 Å². The Labute approximate surface area is 142 Å². The summed E-state index contributed by atoms with van der Waals surface area (Å²) in [5.41, 5.74) is 1.19. The summed E-state index contributed by atoms with van der Waals surface area (Å²) in [5, 5.41) is 3.51. The lowest BCUT2D eigenvalue weighted by Gasteiger charge is -2.05. The SMILES string of the molecule is Cc1cnc(OCC(C=Nc2ccc(Cl)c(C(F)F)c2)=NN)nc1. The van der Waals surface area contributed by atoms with Crippen LogP contribution in [0.25, 0.3) is 0 Å². The molecule has 1 heterocycles. The van der Waals surface area contributed by atoms with Gasteiger partial charge in [0.25, 0.3) is 6.43 Å². The number of nitrogens with zero attached hydrogens (tertiary/aromatic N) is 4. The van der Waals surface area contributed by atoms with E-state index >= 15 is 0 Å². The zero-order chi connectivity index (χ0) is 17.5. The maximum atomic E-state index is 12.8. The highest BCUT2D eigenvalue weighted by Gasteiger charge is 2.12. The standard InChI is InChI=1S/C15H14ClF2N5O/c1-9-5-21-15(22-6-9)24-8-11(23-19)7-20-10-2-3-13(16)12(4-10)14(17)18/h2-7,14H,8,19H2,1H3. The summed E-state index contributed by atoms with van der Waals surface area (Å²) < 4.78 is 30.9. The Balaban J connectivity index is 2.03. The van der Waals surface area contributed by atoms with Crippen LogP contribution in [0, 0.1) is 6.92 Å². The maximum Gasteiger partial charge on any atom is 0.316 e. The molecule has 0 saturated heterocycles. The number of hydrogen-bond donors (Lipinski definition) is 1. The van der Waals surface area contributed by atoms with Gasteiger partial charge in [-0.2, -0.15) is 5.10 Å². The Morgan fingerprint density at radius 1 is 1.38 bits per heavy atom. The monoisotopic (exact) mass is 353 g/mol. The number of halogens is 3. The third-order valence-electron chi connectivity index (χ3n) is 2.85. The molecule has 1 aromatic heterocycles. The van der Waals surface area contributed by atoms with Crippen LogP contribution < -0.4 is 10.6 Å². The first kappa shape index (κ1) is 17.7. The highest BCUT2D eigenvalue weighted by Crippen LogP contribution is 2.30. The van der Waals surface area contributed by atoms with Crippen LogP contribution in [0.3, 0.4) is 0 Å².